The lowest BCUT2D eigenvalue weighted by molar-refractivity contribution is -0.266. The number of allylic oxidation sites excluding steroid dienone is 1. The summed E-state index contributed by atoms with van der Waals surface area (Å²) < 4.78 is 71.8. The van der Waals surface area contributed by atoms with Crippen LogP contribution in [0.5, 0.6) is 11.5 Å². The Bertz CT molecular complexity index is 596. The summed E-state index contributed by atoms with van der Waals surface area (Å²) in [6.07, 6.45) is -5.97. The zero-order chi connectivity index (χ0) is 17.1. The quantitative estimate of drug-likeness (QED) is 0.597. The van der Waals surface area contributed by atoms with E-state index in [2.05, 4.69) is 0 Å². The highest BCUT2D eigenvalue weighted by Crippen LogP contribution is 2.38. The topological polar surface area (TPSA) is 35.5 Å². The maximum absolute atomic E-state index is 12.8. The highest BCUT2D eigenvalue weighted by molar-refractivity contribution is 6.50. The van der Waals surface area contributed by atoms with Gasteiger partial charge in [0.1, 0.15) is 0 Å². The van der Waals surface area contributed by atoms with Crippen LogP contribution in [0.4, 0.5) is 22.0 Å². The summed E-state index contributed by atoms with van der Waals surface area (Å²) in [7, 11) is 2.64. The molecule has 0 aliphatic carbocycles. The molecule has 122 valence electrons. The van der Waals surface area contributed by atoms with Crippen LogP contribution >= 0.6 is 11.6 Å². The minimum absolute atomic E-state index is 0.0191. The van der Waals surface area contributed by atoms with Crippen molar-refractivity contribution in [2.45, 2.75) is 12.1 Å². The van der Waals surface area contributed by atoms with E-state index in [1.54, 1.807) is 0 Å². The van der Waals surface area contributed by atoms with Gasteiger partial charge in [0.05, 0.1) is 19.3 Å². The molecule has 0 saturated carbocycles. The number of ether oxygens (including phenoxy) is 2. The van der Waals surface area contributed by atoms with Crippen LogP contribution in [0.25, 0.3) is 5.03 Å². The number of hydrogen-bond donors (Lipinski definition) is 0. The van der Waals surface area contributed by atoms with Gasteiger partial charge >= 0.3 is 12.1 Å². The predicted octanol–water partition coefficient (Wildman–Crippen LogP) is 4.05. The van der Waals surface area contributed by atoms with Crippen LogP contribution in [-0.2, 0) is 4.79 Å². The van der Waals surface area contributed by atoms with Crippen molar-refractivity contribution in [2.75, 3.05) is 14.2 Å². The second-order valence-corrected chi connectivity index (χ2v) is 4.41. The molecule has 0 N–H and O–H groups in total. The van der Waals surface area contributed by atoms with Crippen molar-refractivity contribution < 1.29 is 36.2 Å². The second kappa shape index (κ2) is 6.51. The Morgan fingerprint density at radius 1 is 1.09 bits per heavy atom. The van der Waals surface area contributed by atoms with Gasteiger partial charge in [-0.05, 0) is 23.8 Å². The molecular weight excluding hydrogens is 335 g/mol. The van der Waals surface area contributed by atoms with Crippen molar-refractivity contribution in [1.82, 2.24) is 0 Å². The molecule has 1 rings (SSSR count). The van der Waals surface area contributed by atoms with Gasteiger partial charge in [-0.15, -0.1) is 0 Å². The smallest absolute Gasteiger partial charge is 0.461 e. The number of carbonyl (C=O) groups excluding carboxylic acids is 1. The Labute approximate surface area is 127 Å². The zero-order valence-electron chi connectivity index (χ0n) is 11.3. The first-order valence-electron chi connectivity index (χ1n) is 5.63. The summed E-state index contributed by atoms with van der Waals surface area (Å²) in [5.41, 5.74) is 0.0191. The van der Waals surface area contributed by atoms with E-state index in [0.29, 0.717) is 5.75 Å². The van der Waals surface area contributed by atoms with Crippen LogP contribution in [0.1, 0.15) is 5.56 Å². The van der Waals surface area contributed by atoms with Gasteiger partial charge in [-0.1, -0.05) is 11.6 Å². The molecule has 0 spiro atoms. The van der Waals surface area contributed by atoms with Gasteiger partial charge in [-0.3, -0.25) is 4.79 Å². The van der Waals surface area contributed by atoms with Gasteiger partial charge in [0.2, 0.25) is 5.78 Å². The lowest BCUT2D eigenvalue weighted by atomic mass is 10.1. The third-order valence-corrected chi connectivity index (χ3v) is 2.91. The summed E-state index contributed by atoms with van der Waals surface area (Å²) in [6.45, 7) is 0. The van der Waals surface area contributed by atoms with E-state index in [4.69, 9.17) is 21.1 Å². The molecule has 0 aliphatic heterocycles. The van der Waals surface area contributed by atoms with E-state index in [1.165, 1.54) is 32.4 Å². The molecule has 0 heterocycles. The van der Waals surface area contributed by atoms with E-state index in [1.807, 2.05) is 0 Å². The average Bonchev–Trinajstić information content (AvgIpc) is 2.44. The Kier molecular flexibility index (Phi) is 5.39. The van der Waals surface area contributed by atoms with Crippen molar-refractivity contribution in [3.05, 3.63) is 29.8 Å². The number of benzene rings is 1. The fourth-order valence-electron chi connectivity index (χ4n) is 1.41. The molecule has 9 heteroatoms. The van der Waals surface area contributed by atoms with Gasteiger partial charge in [0.25, 0.3) is 0 Å². The number of rotatable bonds is 5. The van der Waals surface area contributed by atoms with Gasteiger partial charge in [-0.25, -0.2) is 0 Å². The number of ketones is 1. The fraction of sp³-hybridized carbons (Fsp3) is 0.308. The molecule has 0 unspecified atom stereocenters. The lowest BCUT2D eigenvalue weighted by Crippen LogP contribution is -2.43. The average molecular weight is 345 g/mol. The van der Waals surface area contributed by atoms with Crippen molar-refractivity contribution >= 4 is 22.4 Å². The Balaban J connectivity index is 3.15. The van der Waals surface area contributed by atoms with Crippen LogP contribution in [-0.4, -0.2) is 32.1 Å². The van der Waals surface area contributed by atoms with Crippen LogP contribution in [0.3, 0.4) is 0 Å². The van der Waals surface area contributed by atoms with Crippen molar-refractivity contribution in [1.29, 1.82) is 0 Å². The van der Waals surface area contributed by atoms with Crippen LogP contribution < -0.4 is 9.47 Å². The van der Waals surface area contributed by atoms with Crippen LogP contribution in [0.2, 0.25) is 0 Å². The number of halogens is 6. The maximum atomic E-state index is 12.8. The number of carbonyl (C=O) groups is 1. The lowest BCUT2D eigenvalue weighted by Gasteiger charge is -2.16. The van der Waals surface area contributed by atoms with Crippen molar-refractivity contribution in [3.63, 3.8) is 0 Å². The van der Waals surface area contributed by atoms with Crippen molar-refractivity contribution in [3.8, 4) is 11.5 Å². The zero-order valence-corrected chi connectivity index (χ0v) is 12.1. The van der Waals surface area contributed by atoms with Gasteiger partial charge in [0, 0.05) is 6.08 Å². The molecule has 3 nitrogen and oxygen atoms in total. The standard InChI is InChI=1S/C13H10ClF5O3/c1-21-9-4-3-7(5-10(9)22-2)8(14)6-11(20)12(15,16)13(17,18)19/h3-6H,1-2H3/b8-6-. The minimum atomic E-state index is -5.99. The largest absolute Gasteiger partial charge is 0.493 e. The van der Waals surface area contributed by atoms with Crippen LogP contribution in [0, 0.1) is 0 Å². The highest BCUT2D eigenvalue weighted by Gasteiger charge is 2.62. The molecule has 0 bridgehead atoms. The number of hydrogen-bond acceptors (Lipinski definition) is 3. The molecule has 0 atom stereocenters. The van der Waals surface area contributed by atoms with E-state index in [0.717, 1.165) is 0 Å². The molecule has 0 saturated heterocycles. The molecule has 0 radical (unpaired) electrons. The van der Waals surface area contributed by atoms with E-state index in [-0.39, 0.29) is 17.4 Å². The normalized spacial score (nSPS) is 13.0. The number of alkyl halides is 5. The molecule has 0 aliphatic rings. The molecular formula is C13H10ClF5O3. The second-order valence-electron chi connectivity index (χ2n) is 4.00. The summed E-state index contributed by atoms with van der Waals surface area (Å²) in [6, 6.07) is 3.87. The van der Waals surface area contributed by atoms with Gasteiger partial charge < -0.3 is 9.47 Å². The Morgan fingerprint density at radius 3 is 2.09 bits per heavy atom. The van der Waals surface area contributed by atoms with E-state index in [9.17, 15) is 26.7 Å². The molecule has 0 aromatic heterocycles. The molecule has 0 fully saturated rings. The van der Waals surface area contributed by atoms with Crippen LogP contribution in [0.15, 0.2) is 24.3 Å². The highest BCUT2D eigenvalue weighted by atomic mass is 35.5. The first kappa shape index (κ1) is 18.2. The number of methoxy groups -OCH3 is 2. The predicted molar refractivity (Wildman–Crippen MR) is 69.4 cm³/mol. The molecule has 22 heavy (non-hydrogen) atoms. The SMILES string of the molecule is COc1ccc(/C(Cl)=C/C(=O)C(F)(F)C(F)(F)F)cc1OC. The summed E-state index contributed by atoms with van der Waals surface area (Å²) in [4.78, 5) is 11.1. The molecule has 1 aromatic rings. The molecule has 0 amide bonds. The maximum Gasteiger partial charge on any atom is 0.461 e. The Morgan fingerprint density at radius 2 is 1.64 bits per heavy atom. The summed E-state index contributed by atoms with van der Waals surface area (Å²) in [5, 5.41) is -0.588. The summed E-state index contributed by atoms with van der Waals surface area (Å²) >= 11 is 5.62. The van der Waals surface area contributed by atoms with Gasteiger partial charge in [0.15, 0.2) is 11.5 Å². The summed E-state index contributed by atoms with van der Waals surface area (Å²) in [5.74, 6) is -7.51. The van der Waals surface area contributed by atoms with Crippen molar-refractivity contribution in [2.24, 2.45) is 0 Å². The first-order valence-corrected chi connectivity index (χ1v) is 6.01. The monoisotopic (exact) mass is 344 g/mol. The van der Waals surface area contributed by atoms with Gasteiger partial charge in [-0.2, -0.15) is 22.0 Å². The first-order chi connectivity index (χ1) is 10.0. The molecule has 1 aromatic carbocycles. The fourth-order valence-corrected chi connectivity index (χ4v) is 1.63. The minimum Gasteiger partial charge on any atom is -0.493 e. The third kappa shape index (κ3) is 3.68. The Hall–Kier alpha value is -1.83. The van der Waals surface area contributed by atoms with E-state index < -0.39 is 22.9 Å². The van der Waals surface area contributed by atoms with E-state index >= 15 is 0 Å². The third-order valence-electron chi connectivity index (χ3n) is 2.58.